The zero-order valence-electron chi connectivity index (χ0n) is 11.5. The van der Waals surface area contributed by atoms with Crippen LogP contribution >= 0.6 is 0 Å². The van der Waals surface area contributed by atoms with Crippen LogP contribution < -0.4 is 9.47 Å². The number of carbonyl (C=O) groups is 1. The minimum atomic E-state index is -0.407. The second-order valence-corrected chi connectivity index (χ2v) is 4.12. The van der Waals surface area contributed by atoms with Gasteiger partial charge in [-0.15, -0.1) is 0 Å². The van der Waals surface area contributed by atoms with Gasteiger partial charge in [0.1, 0.15) is 23.7 Å². The van der Waals surface area contributed by atoms with Gasteiger partial charge in [-0.3, -0.25) is 0 Å². The second-order valence-electron chi connectivity index (χ2n) is 4.12. The third-order valence-electron chi connectivity index (χ3n) is 2.85. The largest absolute Gasteiger partial charge is 0.497 e. The van der Waals surface area contributed by atoms with Crippen LogP contribution in [0.4, 0.5) is 0 Å². The molecule has 0 saturated heterocycles. The van der Waals surface area contributed by atoms with Crippen molar-refractivity contribution < 1.29 is 19.0 Å². The highest BCUT2D eigenvalue weighted by Crippen LogP contribution is 2.20. The van der Waals surface area contributed by atoms with E-state index in [1.807, 2.05) is 30.3 Å². The lowest BCUT2D eigenvalue weighted by Crippen LogP contribution is -2.05. The second kappa shape index (κ2) is 6.61. The zero-order chi connectivity index (χ0) is 14.4. The number of carbonyl (C=O) groups excluding carboxylic acids is 1. The van der Waals surface area contributed by atoms with E-state index in [0.29, 0.717) is 17.9 Å². The maximum absolute atomic E-state index is 11.6. The molecule has 2 aromatic carbocycles. The molecule has 0 aliphatic rings. The topological polar surface area (TPSA) is 44.8 Å². The Balaban J connectivity index is 2.08. The van der Waals surface area contributed by atoms with Crippen molar-refractivity contribution in [2.24, 2.45) is 0 Å². The fourth-order valence-corrected chi connectivity index (χ4v) is 1.75. The van der Waals surface area contributed by atoms with Crippen molar-refractivity contribution in [1.29, 1.82) is 0 Å². The molecule has 4 heteroatoms. The maximum atomic E-state index is 11.6. The highest BCUT2D eigenvalue weighted by Gasteiger charge is 2.11. The quantitative estimate of drug-likeness (QED) is 0.785. The molecule has 2 aromatic rings. The predicted octanol–water partition coefficient (Wildman–Crippen LogP) is 3.06. The van der Waals surface area contributed by atoms with E-state index in [2.05, 4.69) is 0 Å². The summed E-state index contributed by atoms with van der Waals surface area (Å²) in [7, 11) is 2.97. The van der Waals surface area contributed by atoms with E-state index in [1.54, 1.807) is 25.3 Å². The van der Waals surface area contributed by atoms with Gasteiger partial charge in [0.05, 0.1) is 14.2 Å². The number of methoxy groups -OCH3 is 2. The summed E-state index contributed by atoms with van der Waals surface area (Å²) in [5.74, 6) is 0.897. The van der Waals surface area contributed by atoms with Crippen LogP contribution in [0.2, 0.25) is 0 Å². The molecule has 0 saturated carbocycles. The normalized spacial score (nSPS) is 9.90. The lowest BCUT2D eigenvalue weighted by atomic mass is 10.2. The first-order valence-corrected chi connectivity index (χ1v) is 6.17. The Morgan fingerprint density at radius 3 is 2.35 bits per heavy atom. The monoisotopic (exact) mass is 272 g/mol. The molecule has 0 aliphatic heterocycles. The molecule has 0 bridgehead atoms. The molecule has 4 nitrogen and oxygen atoms in total. The molecule has 104 valence electrons. The number of ether oxygens (including phenoxy) is 3. The highest BCUT2D eigenvalue weighted by molar-refractivity contribution is 5.92. The first-order chi connectivity index (χ1) is 9.74. The van der Waals surface area contributed by atoms with Crippen LogP contribution in [0.1, 0.15) is 15.9 Å². The minimum absolute atomic E-state index is 0.373. The molecule has 0 atom stereocenters. The maximum Gasteiger partial charge on any atom is 0.341 e. The number of benzene rings is 2. The van der Waals surface area contributed by atoms with Crippen LogP contribution in [0, 0.1) is 0 Å². The summed E-state index contributed by atoms with van der Waals surface area (Å²) in [4.78, 5) is 11.6. The van der Waals surface area contributed by atoms with Gasteiger partial charge in [-0.05, 0) is 29.8 Å². The molecular formula is C16H16O4. The van der Waals surface area contributed by atoms with Gasteiger partial charge in [-0.1, -0.05) is 24.3 Å². The van der Waals surface area contributed by atoms with Crippen molar-refractivity contribution in [2.75, 3.05) is 14.2 Å². The fraction of sp³-hybridized carbons (Fsp3) is 0.188. The number of rotatable bonds is 5. The molecule has 0 spiro atoms. The molecule has 0 aromatic heterocycles. The van der Waals surface area contributed by atoms with Crippen molar-refractivity contribution in [3.8, 4) is 11.5 Å². The van der Waals surface area contributed by atoms with Crippen LogP contribution in [0.3, 0.4) is 0 Å². The molecule has 0 aliphatic carbocycles. The third-order valence-corrected chi connectivity index (χ3v) is 2.85. The van der Waals surface area contributed by atoms with Crippen LogP contribution in [0.5, 0.6) is 11.5 Å². The van der Waals surface area contributed by atoms with Gasteiger partial charge in [0.25, 0.3) is 0 Å². The van der Waals surface area contributed by atoms with Crippen molar-refractivity contribution in [1.82, 2.24) is 0 Å². The van der Waals surface area contributed by atoms with Crippen molar-refractivity contribution >= 4 is 5.97 Å². The first kappa shape index (κ1) is 13.9. The molecule has 0 fully saturated rings. The highest BCUT2D eigenvalue weighted by atomic mass is 16.5. The average molecular weight is 272 g/mol. The smallest absolute Gasteiger partial charge is 0.341 e. The summed E-state index contributed by atoms with van der Waals surface area (Å²) in [6.45, 7) is 0.373. The van der Waals surface area contributed by atoms with E-state index in [-0.39, 0.29) is 0 Å². The standard InChI is InChI=1S/C16H16O4/c1-18-13-9-7-12(8-10-13)11-20-15-6-4-3-5-14(15)16(17)19-2/h3-10H,11H2,1-2H3. The van der Waals surface area contributed by atoms with Crippen molar-refractivity contribution in [3.63, 3.8) is 0 Å². The van der Waals surface area contributed by atoms with Crippen LogP contribution in [-0.2, 0) is 11.3 Å². The molecule has 0 unspecified atom stereocenters. The zero-order valence-corrected chi connectivity index (χ0v) is 11.5. The number of hydrogen-bond donors (Lipinski definition) is 0. The molecule has 0 radical (unpaired) electrons. The van der Waals surface area contributed by atoms with E-state index in [9.17, 15) is 4.79 Å². The Bertz CT molecular complexity index is 575. The summed E-state index contributed by atoms with van der Waals surface area (Å²) >= 11 is 0. The number of hydrogen-bond acceptors (Lipinski definition) is 4. The van der Waals surface area contributed by atoms with E-state index in [4.69, 9.17) is 14.2 Å². The van der Waals surface area contributed by atoms with Crippen LogP contribution in [0.25, 0.3) is 0 Å². The summed E-state index contributed by atoms with van der Waals surface area (Å²) < 4.78 is 15.5. The SMILES string of the molecule is COC(=O)c1ccccc1OCc1ccc(OC)cc1. The molecule has 0 heterocycles. The fourth-order valence-electron chi connectivity index (χ4n) is 1.75. The lowest BCUT2D eigenvalue weighted by molar-refractivity contribution is 0.0595. The lowest BCUT2D eigenvalue weighted by Gasteiger charge is -2.10. The van der Waals surface area contributed by atoms with Crippen molar-refractivity contribution in [3.05, 3.63) is 59.7 Å². The third kappa shape index (κ3) is 3.29. The van der Waals surface area contributed by atoms with E-state index in [0.717, 1.165) is 11.3 Å². The Labute approximate surface area is 117 Å². The van der Waals surface area contributed by atoms with E-state index >= 15 is 0 Å². The molecule has 0 amide bonds. The van der Waals surface area contributed by atoms with Crippen LogP contribution in [-0.4, -0.2) is 20.2 Å². The number of esters is 1. The Kier molecular flexibility index (Phi) is 4.60. The van der Waals surface area contributed by atoms with Gasteiger partial charge in [0.15, 0.2) is 0 Å². The van der Waals surface area contributed by atoms with E-state index < -0.39 is 5.97 Å². The minimum Gasteiger partial charge on any atom is -0.497 e. The summed E-state index contributed by atoms with van der Waals surface area (Å²) in [6.07, 6.45) is 0. The van der Waals surface area contributed by atoms with Gasteiger partial charge in [0, 0.05) is 0 Å². The molecular weight excluding hydrogens is 256 g/mol. The van der Waals surface area contributed by atoms with Gasteiger partial charge < -0.3 is 14.2 Å². The summed E-state index contributed by atoms with van der Waals surface area (Å²) in [5, 5.41) is 0. The Hall–Kier alpha value is -2.49. The van der Waals surface area contributed by atoms with Gasteiger partial charge >= 0.3 is 5.97 Å². The molecule has 20 heavy (non-hydrogen) atoms. The van der Waals surface area contributed by atoms with Gasteiger partial charge in [-0.25, -0.2) is 4.79 Å². The predicted molar refractivity (Wildman–Crippen MR) is 75.1 cm³/mol. The van der Waals surface area contributed by atoms with Gasteiger partial charge in [0.2, 0.25) is 0 Å². The first-order valence-electron chi connectivity index (χ1n) is 6.17. The number of para-hydroxylation sites is 1. The molecule has 2 rings (SSSR count). The van der Waals surface area contributed by atoms with Crippen molar-refractivity contribution in [2.45, 2.75) is 6.61 Å². The summed E-state index contributed by atoms with van der Waals surface area (Å²) in [5.41, 5.74) is 1.41. The Morgan fingerprint density at radius 2 is 1.70 bits per heavy atom. The summed E-state index contributed by atoms with van der Waals surface area (Å²) in [6, 6.07) is 14.6. The Morgan fingerprint density at radius 1 is 1.00 bits per heavy atom. The van der Waals surface area contributed by atoms with Gasteiger partial charge in [-0.2, -0.15) is 0 Å². The molecule has 0 N–H and O–H groups in total. The average Bonchev–Trinajstić information content (AvgIpc) is 2.53. The van der Waals surface area contributed by atoms with Crippen LogP contribution in [0.15, 0.2) is 48.5 Å². The van der Waals surface area contributed by atoms with E-state index in [1.165, 1.54) is 7.11 Å².